The Hall–Kier alpha value is -3.73. The van der Waals surface area contributed by atoms with Gasteiger partial charge in [-0.15, -0.1) is 0 Å². The van der Waals surface area contributed by atoms with E-state index in [1.165, 1.54) is 0 Å². The molecule has 1 spiro atoms. The van der Waals surface area contributed by atoms with Crippen LogP contribution in [-0.4, -0.2) is 70.0 Å². The quantitative estimate of drug-likeness (QED) is 0.341. The smallest absolute Gasteiger partial charge is 0.352 e. The molecule has 10 nitrogen and oxygen atoms in total. The first-order valence-electron chi connectivity index (χ1n) is 15.1. The molecule has 2 heterocycles. The molecule has 2 aliphatic heterocycles. The molecule has 0 unspecified atom stereocenters. The first-order chi connectivity index (χ1) is 20.9. The van der Waals surface area contributed by atoms with Gasteiger partial charge in [-0.3, -0.25) is 9.59 Å². The number of piperidine rings is 1. The van der Waals surface area contributed by atoms with Crippen LogP contribution in [0.1, 0.15) is 74.8 Å². The maximum absolute atomic E-state index is 13.1. The number of aliphatic hydroxyl groups is 2. The lowest BCUT2D eigenvalue weighted by molar-refractivity contribution is -0.177. The fraction of sp³-hybridized carbons (Fsp3) is 0.500. The van der Waals surface area contributed by atoms with Crippen molar-refractivity contribution in [3.63, 3.8) is 0 Å². The lowest BCUT2D eigenvalue weighted by Crippen LogP contribution is -2.74. The van der Waals surface area contributed by atoms with E-state index in [1.54, 1.807) is 57.2 Å². The summed E-state index contributed by atoms with van der Waals surface area (Å²) in [6.45, 7) is 5.68. The van der Waals surface area contributed by atoms with Gasteiger partial charge in [-0.05, 0) is 58.8 Å². The average Bonchev–Trinajstić information content (AvgIpc) is 3.33. The van der Waals surface area contributed by atoms with Gasteiger partial charge in [0.15, 0.2) is 6.10 Å². The van der Waals surface area contributed by atoms with Gasteiger partial charge < -0.3 is 34.1 Å². The summed E-state index contributed by atoms with van der Waals surface area (Å²) in [4.78, 5) is 41.0. The molecule has 1 saturated heterocycles. The minimum Gasteiger partial charge on any atom is -0.481 e. The standard InChI is InChI=1S/C34H39NO9/c1-32(2,3)44-31(39)29(20-8-6-5-7-9-20)42-26(38)13-12-25(37)41-23-14-15-34(40)24-18-21-10-11-22(19-36)28-27(21)33(34,30(23)43-28)16-17-35(24)4/h5-11,14,24,29-30,36,40H,12-13,15-19H2,1-4H3/t24-,29+,30+,33+,34-/m1/s1. The molecule has 6 rings (SSSR count). The molecule has 44 heavy (non-hydrogen) atoms. The summed E-state index contributed by atoms with van der Waals surface area (Å²) in [6.07, 6.45) is 0.579. The van der Waals surface area contributed by atoms with Crippen molar-refractivity contribution >= 4 is 17.9 Å². The van der Waals surface area contributed by atoms with Gasteiger partial charge >= 0.3 is 17.9 Å². The third-order valence-electron chi connectivity index (χ3n) is 9.36. The van der Waals surface area contributed by atoms with Gasteiger partial charge in [0, 0.05) is 29.2 Å². The van der Waals surface area contributed by atoms with Crippen molar-refractivity contribution in [1.29, 1.82) is 0 Å². The fourth-order valence-corrected chi connectivity index (χ4v) is 7.44. The SMILES string of the molecule is CN1CC[C@]23c4c5ccc(CO)c4O[C@H]2C(OC(=O)CCC(=O)O[C@H](C(=O)OC(C)(C)C)c2ccccc2)=CC[C@@]3(O)[C@H]1C5. The van der Waals surface area contributed by atoms with E-state index in [1.807, 2.05) is 19.2 Å². The number of likely N-dealkylation sites (N-methyl/N-ethyl adjacent to an activating group) is 1. The third-order valence-corrected chi connectivity index (χ3v) is 9.36. The van der Waals surface area contributed by atoms with Crippen molar-refractivity contribution in [3.8, 4) is 5.75 Å². The minimum atomic E-state index is -1.28. The van der Waals surface area contributed by atoms with E-state index in [4.69, 9.17) is 18.9 Å². The molecule has 2 aliphatic carbocycles. The van der Waals surface area contributed by atoms with Crippen molar-refractivity contribution in [2.75, 3.05) is 13.6 Å². The maximum Gasteiger partial charge on any atom is 0.352 e. The Balaban J connectivity index is 1.18. The maximum atomic E-state index is 13.1. The molecule has 0 aromatic heterocycles. The van der Waals surface area contributed by atoms with E-state index >= 15 is 0 Å². The Labute approximate surface area is 256 Å². The number of benzene rings is 2. The highest BCUT2D eigenvalue weighted by molar-refractivity contribution is 5.83. The molecule has 0 amide bonds. The topological polar surface area (TPSA) is 132 Å². The van der Waals surface area contributed by atoms with Gasteiger partial charge in [0.1, 0.15) is 17.1 Å². The van der Waals surface area contributed by atoms with E-state index in [-0.39, 0.29) is 31.9 Å². The van der Waals surface area contributed by atoms with E-state index in [0.29, 0.717) is 35.5 Å². The number of aliphatic hydroxyl groups excluding tert-OH is 1. The van der Waals surface area contributed by atoms with Gasteiger partial charge in [-0.25, -0.2) is 4.79 Å². The molecule has 1 fully saturated rings. The number of likely N-dealkylation sites (tertiary alicyclic amines) is 1. The molecule has 234 valence electrons. The molecular formula is C34H39NO9. The number of carbonyl (C=O) groups excluding carboxylic acids is 3. The normalized spacial score (nSPS) is 27.4. The Bertz CT molecular complexity index is 1510. The largest absolute Gasteiger partial charge is 0.481 e. The highest BCUT2D eigenvalue weighted by Crippen LogP contribution is 2.64. The van der Waals surface area contributed by atoms with Gasteiger partial charge in [-0.1, -0.05) is 42.5 Å². The van der Waals surface area contributed by atoms with Crippen LogP contribution in [0, 0.1) is 0 Å². The second kappa shape index (κ2) is 11.0. The van der Waals surface area contributed by atoms with Crippen LogP contribution >= 0.6 is 0 Å². The highest BCUT2D eigenvalue weighted by Gasteiger charge is 2.71. The summed E-state index contributed by atoms with van der Waals surface area (Å²) in [5.41, 5.74) is 0.281. The zero-order chi connectivity index (χ0) is 31.4. The van der Waals surface area contributed by atoms with Gasteiger partial charge in [0.05, 0.1) is 30.5 Å². The van der Waals surface area contributed by atoms with Crippen LogP contribution in [0.3, 0.4) is 0 Å². The summed E-state index contributed by atoms with van der Waals surface area (Å²) < 4.78 is 23.3. The van der Waals surface area contributed by atoms with E-state index in [2.05, 4.69) is 4.90 Å². The van der Waals surface area contributed by atoms with Crippen molar-refractivity contribution < 1.29 is 43.5 Å². The number of hydrogen-bond donors (Lipinski definition) is 2. The second-order valence-corrected chi connectivity index (χ2v) is 13.2. The predicted octanol–water partition coefficient (Wildman–Crippen LogP) is 3.41. The Morgan fingerprint density at radius 1 is 1.09 bits per heavy atom. The molecular weight excluding hydrogens is 566 g/mol. The Morgan fingerprint density at radius 2 is 1.82 bits per heavy atom. The van der Waals surface area contributed by atoms with E-state index in [0.717, 1.165) is 17.7 Å². The summed E-state index contributed by atoms with van der Waals surface area (Å²) in [5.74, 6) is -1.27. The number of carbonyl (C=O) groups is 3. The van der Waals surface area contributed by atoms with Crippen LogP contribution in [-0.2, 0) is 47.0 Å². The Kier molecular flexibility index (Phi) is 7.58. The third kappa shape index (κ3) is 4.89. The fourth-order valence-electron chi connectivity index (χ4n) is 7.44. The monoisotopic (exact) mass is 605 g/mol. The number of nitrogens with zero attached hydrogens (tertiary/aromatic N) is 1. The van der Waals surface area contributed by atoms with Crippen molar-refractivity contribution in [1.82, 2.24) is 4.90 Å². The number of hydrogen-bond acceptors (Lipinski definition) is 10. The molecule has 0 saturated carbocycles. The van der Waals surface area contributed by atoms with Gasteiger partial charge in [0.2, 0.25) is 6.10 Å². The van der Waals surface area contributed by atoms with Gasteiger partial charge in [-0.2, -0.15) is 0 Å². The highest BCUT2D eigenvalue weighted by atomic mass is 16.6. The lowest BCUT2D eigenvalue weighted by Gasteiger charge is -2.61. The van der Waals surface area contributed by atoms with Crippen LogP contribution < -0.4 is 4.74 Å². The van der Waals surface area contributed by atoms with Crippen LogP contribution in [0.4, 0.5) is 0 Å². The van der Waals surface area contributed by atoms with Crippen LogP contribution in [0.2, 0.25) is 0 Å². The number of esters is 3. The van der Waals surface area contributed by atoms with Crippen LogP contribution in [0.15, 0.2) is 54.3 Å². The molecule has 0 radical (unpaired) electrons. The molecule has 2 aromatic rings. The average molecular weight is 606 g/mol. The first kappa shape index (κ1) is 30.3. The zero-order valence-corrected chi connectivity index (χ0v) is 25.5. The van der Waals surface area contributed by atoms with Gasteiger partial charge in [0.25, 0.3) is 0 Å². The summed E-state index contributed by atoms with van der Waals surface area (Å²) in [6, 6.07) is 12.3. The minimum absolute atomic E-state index is 0.147. The second-order valence-electron chi connectivity index (χ2n) is 13.2. The lowest BCUT2D eigenvalue weighted by atomic mass is 9.50. The molecule has 2 aromatic carbocycles. The number of rotatable bonds is 8. The molecule has 2 N–H and O–H groups in total. The van der Waals surface area contributed by atoms with Crippen LogP contribution in [0.5, 0.6) is 5.75 Å². The van der Waals surface area contributed by atoms with Crippen molar-refractivity contribution in [2.24, 2.45) is 0 Å². The van der Waals surface area contributed by atoms with Crippen molar-refractivity contribution in [3.05, 3.63) is 76.6 Å². The van der Waals surface area contributed by atoms with Crippen molar-refractivity contribution in [2.45, 2.75) is 94.3 Å². The first-order valence-corrected chi connectivity index (χ1v) is 15.1. The predicted molar refractivity (Wildman–Crippen MR) is 157 cm³/mol. The molecule has 10 heteroatoms. The summed E-state index contributed by atoms with van der Waals surface area (Å²) in [7, 11) is 2.01. The van der Waals surface area contributed by atoms with E-state index in [9.17, 15) is 24.6 Å². The molecule has 5 atom stereocenters. The zero-order valence-electron chi connectivity index (χ0n) is 25.5. The Morgan fingerprint density at radius 3 is 2.52 bits per heavy atom. The molecule has 4 aliphatic rings. The van der Waals surface area contributed by atoms with Crippen LogP contribution in [0.25, 0.3) is 0 Å². The summed E-state index contributed by atoms with van der Waals surface area (Å²) in [5, 5.41) is 22.4. The number of ether oxygens (including phenoxy) is 4. The van der Waals surface area contributed by atoms with E-state index < -0.39 is 46.7 Å². The summed E-state index contributed by atoms with van der Waals surface area (Å²) >= 11 is 0. The molecule has 2 bridgehead atoms.